The largest absolute Gasteiger partial charge is 0.497 e. The molecule has 0 atom stereocenters. The SMILES string of the molecule is COc1ccc2c(=O)c3c(-c4cccs4)[nH]c(Cc4ccc(OC(C)(C)C)cc4)c3oc2c1. The molecule has 0 aliphatic heterocycles. The lowest BCUT2D eigenvalue weighted by Gasteiger charge is -2.21. The summed E-state index contributed by atoms with van der Waals surface area (Å²) in [6.45, 7) is 6.08. The third kappa shape index (κ3) is 4.14. The quantitative estimate of drug-likeness (QED) is 0.315. The Kier molecular flexibility index (Phi) is 5.25. The maximum absolute atomic E-state index is 13.5. The van der Waals surface area contributed by atoms with Crippen molar-refractivity contribution >= 4 is 33.3 Å². The van der Waals surface area contributed by atoms with Crippen molar-refractivity contribution < 1.29 is 13.9 Å². The van der Waals surface area contributed by atoms with E-state index in [2.05, 4.69) is 4.98 Å². The zero-order chi connectivity index (χ0) is 23.2. The zero-order valence-electron chi connectivity index (χ0n) is 19.0. The predicted molar refractivity (Wildman–Crippen MR) is 134 cm³/mol. The van der Waals surface area contributed by atoms with Crippen molar-refractivity contribution in [1.82, 2.24) is 4.98 Å². The molecule has 0 saturated heterocycles. The first kappa shape index (κ1) is 21.3. The van der Waals surface area contributed by atoms with Crippen molar-refractivity contribution in [2.75, 3.05) is 7.11 Å². The monoisotopic (exact) mass is 459 g/mol. The molecule has 5 rings (SSSR count). The van der Waals surface area contributed by atoms with Crippen LogP contribution in [0.25, 0.3) is 32.5 Å². The molecule has 3 heterocycles. The molecule has 0 aliphatic carbocycles. The summed E-state index contributed by atoms with van der Waals surface area (Å²) in [5.41, 5.74) is 3.55. The van der Waals surface area contributed by atoms with E-state index in [-0.39, 0.29) is 11.0 Å². The van der Waals surface area contributed by atoms with Crippen LogP contribution in [-0.2, 0) is 6.42 Å². The molecule has 0 saturated carbocycles. The number of benzene rings is 2. The minimum atomic E-state index is -0.252. The summed E-state index contributed by atoms with van der Waals surface area (Å²) in [4.78, 5) is 18.0. The smallest absolute Gasteiger partial charge is 0.202 e. The van der Waals surface area contributed by atoms with Gasteiger partial charge in [-0.2, -0.15) is 0 Å². The van der Waals surface area contributed by atoms with Crippen LogP contribution in [0.3, 0.4) is 0 Å². The number of thiophene rings is 1. The van der Waals surface area contributed by atoms with Crippen molar-refractivity contribution in [1.29, 1.82) is 0 Å². The van der Waals surface area contributed by atoms with Gasteiger partial charge in [0.2, 0.25) is 5.43 Å². The van der Waals surface area contributed by atoms with E-state index in [9.17, 15) is 4.79 Å². The first-order valence-electron chi connectivity index (χ1n) is 10.8. The highest BCUT2D eigenvalue weighted by Crippen LogP contribution is 2.35. The molecule has 2 aromatic carbocycles. The molecule has 0 amide bonds. The lowest BCUT2D eigenvalue weighted by atomic mass is 10.1. The fourth-order valence-electron chi connectivity index (χ4n) is 3.97. The molecule has 168 valence electrons. The van der Waals surface area contributed by atoms with Gasteiger partial charge in [0.15, 0.2) is 5.58 Å². The first-order valence-corrected chi connectivity index (χ1v) is 11.7. The Morgan fingerprint density at radius 2 is 1.79 bits per heavy atom. The topological polar surface area (TPSA) is 64.5 Å². The highest BCUT2D eigenvalue weighted by Gasteiger charge is 2.21. The minimum absolute atomic E-state index is 0.0475. The number of nitrogens with one attached hydrogen (secondary N) is 1. The van der Waals surface area contributed by atoms with Gasteiger partial charge in [0.25, 0.3) is 0 Å². The van der Waals surface area contributed by atoms with E-state index >= 15 is 0 Å². The van der Waals surface area contributed by atoms with Gasteiger partial charge in [-0.3, -0.25) is 4.79 Å². The summed E-state index contributed by atoms with van der Waals surface area (Å²) in [6, 6.07) is 17.3. The highest BCUT2D eigenvalue weighted by molar-refractivity contribution is 7.13. The third-order valence-corrected chi connectivity index (χ3v) is 6.28. The number of fused-ring (bicyclic) bond motifs is 2. The van der Waals surface area contributed by atoms with E-state index < -0.39 is 0 Å². The molecule has 6 heteroatoms. The Balaban J connectivity index is 1.64. The Hall–Kier alpha value is -3.51. The lowest BCUT2D eigenvalue weighted by molar-refractivity contribution is 0.131. The molecule has 0 fully saturated rings. The van der Waals surface area contributed by atoms with Gasteiger partial charge in [0, 0.05) is 12.5 Å². The van der Waals surface area contributed by atoms with Crippen LogP contribution in [-0.4, -0.2) is 17.7 Å². The van der Waals surface area contributed by atoms with Crippen LogP contribution < -0.4 is 14.9 Å². The van der Waals surface area contributed by atoms with Crippen molar-refractivity contribution in [3.8, 4) is 22.1 Å². The van der Waals surface area contributed by atoms with Gasteiger partial charge < -0.3 is 18.9 Å². The predicted octanol–water partition coefficient (Wildman–Crippen LogP) is 6.78. The Morgan fingerprint density at radius 3 is 2.45 bits per heavy atom. The van der Waals surface area contributed by atoms with E-state index in [4.69, 9.17) is 13.9 Å². The molecule has 0 radical (unpaired) electrons. The average molecular weight is 460 g/mol. The van der Waals surface area contributed by atoms with Crippen LogP contribution in [0.4, 0.5) is 0 Å². The Labute approximate surface area is 195 Å². The van der Waals surface area contributed by atoms with E-state index in [1.54, 1.807) is 36.6 Å². The molecular weight excluding hydrogens is 434 g/mol. The van der Waals surface area contributed by atoms with Gasteiger partial charge in [-0.1, -0.05) is 18.2 Å². The number of methoxy groups -OCH3 is 1. The fourth-order valence-corrected chi connectivity index (χ4v) is 4.71. The van der Waals surface area contributed by atoms with Crippen LogP contribution in [0.15, 0.2) is 69.2 Å². The highest BCUT2D eigenvalue weighted by atomic mass is 32.1. The van der Waals surface area contributed by atoms with E-state index in [0.29, 0.717) is 34.1 Å². The summed E-state index contributed by atoms with van der Waals surface area (Å²) in [5.74, 6) is 1.47. The molecule has 5 aromatic rings. The minimum Gasteiger partial charge on any atom is -0.497 e. The van der Waals surface area contributed by atoms with Crippen LogP contribution in [0.5, 0.6) is 11.5 Å². The van der Waals surface area contributed by atoms with Gasteiger partial charge in [0.1, 0.15) is 22.7 Å². The van der Waals surface area contributed by atoms with Gasteiger partial charge in [0.05, 0.1) is 34.1 Å². The molecule has 0 unspecified atom stereocenters. The van der Waals surface area contributed by atoms with Gasteiger partial charge in [-0.15, -0.1) is 11.3 Å². The zero-order valence-corrected chi connectivity index (χ0v) is 19.8. The maximum Gasteiger partial charge on any atom is 0.202 e. The Bertz CT molecular complexity index is 1490. The van der Waals surface area contributed by atoms with Crippen molar-refractivity contribution in [2.24, 2.45) is 0 Å². The van der Waals surface area contributed by atoms with Gasteiger partial charge in [-0.25, -0.2) is 0 Å². The van der Waals surface area contributed by atoms with Crippen LogP contribution in [0, 0.1) is 0 Å². The number of aromatic nitrogens is 1. The average Bonchev–Trinajstić information content (AvgIpc) is 3.42. The van der Waals surface area contributed by atoms with Crippen molar-refractivity contribution in [3.05, 3.63) is 81.5 Å². The van der Waals surface area contributed by atoms with Crippen molar-refractivity contribution in [3.63, 3.8) is 0 Å². The Morgan fingerprint density at radius 1 is 1.03 bits per heavy atom. The molecular formula is C27H25NO4S. The molecule has 5 nitrogen and oxygen atoms in total. The summed E-state index contributed by atoms with van der Waals surface area (Å²) in [7, 11) is 1.60. The van der Waals surface area contributed by atoms with E-state index in [1.807, 2.05) is 62.5 Å². The number of rotatable bonds is 5. The second-order valence-electron chi connectivity index (χ2n) is 8.99. The normalized spacial score (nSPS) is 11.9. The van der Waals surface area contributed by atoms with Crippen LogP contribution in [0.1, 0.15) is 32.0 Å². The van der Waals surface area contributed by atoms with E-state index in [1.165, 1.54) is 0 Å². The van der Waals surface area contributed by atoms with E-state index in [0.717, 1.165) is 27.6 Å². The molecule has 3 aromatic heterocycles. The molecule has 0 aliphatic rings. The summed E-state index contributed by atoms with van der Waals surface area (Å²) in [5, 5.41) is 3.12. The number of H-pyrrole nitrogens is 1. The fraction of sp³-hybridized carbons (Fsp3) is 0.222. The number of aromatic amines is 1. The summed E-state index contributed by atoms with van der Waals surface area (Å²) >= 11 is 1.59. The van der Waals surface area contributed by atoms with Gasteiger partial charge >= 0.3 is 0 Å². The van der Waals surface area contributed by atoms with Crippen LogP contribution in [0.2, 0.25) is 0 Å². The first-order chi connectivity index (χ1) is 15.8. The number of hydrogen-bond acceptors (Lipinski definition) is 5. The molecule has 33 heavy (non-hydrogen) atoms. The second kappa shape index (κ2) is 8.12. The summed E-state index contributed by atoms with van der Waals surface area (Å²) < 4.78 is 17.6. The second-order valence-corrected chi connectivity index (χ2v) is 9.94. The summed E-state index contributed by atoms with van der Waals surface area (Å²) in [6.07, 6.45) is 0.593. The number of ether oxygens (including phenoxy) is 2. The molecule has 0 bridgehead atoms. The van der Waals surface area contributed by atoms with Crippen LogP contribution >= 0.6 is 11.3 Å². The molecule has 0 spiro atoms. The maximum atomic E-state index is 13.5. The third-order valence-electron chi connectivity index (χ3n) is 5.40. The van der Waals surface area contributed by atoms with Gasteiger partial charge in [-0.05, 0) is 62.0 Å². The number of hydrogen-bond donors (Lipinski definition) is 1. The lowest BCUT2D eigenvalue weighted by Crippen LogP contribution is -2.22. The van der Waals surface area contributed by atoms with Crippen molar-refractivity contribution in [2.45, 2.75) is 32.8 Å². The standard InChI is InChI=1S/C27H25NO4S/c1-27(2,3)32-17-9-7-16(8-10-17)14-20-26-23(24(28-20)22-6-5-13-33-22)25(29)19-12-11-18(30-4)15-21(19)31-26/h5-13,15,28H,14H2,1-4H3. The molecule has 1 N–H and O–H groups in total.